The van der Waals surface area contributed by atoms with Gasteiger partial charge in [0, 0.05) is 30.9 Å². The maximum atomic E-state index is 12.4. The zero-order chi connectivity index (χ0) is 17.7. The third kappa shape index (κ3) is 4.32. The van der Waals surface area contributed by atoms with E-state index in [2.05, 4.69) is 5.10 Å². The van der Waals surface area contributed by atoms with E-state index in [1.165, 1.54) is 6.08 Å². The number of hydrogen-bond acceptors (Lipinski definition) is 3. The Labute approximate surface area is 143 Å². The number of likely N-dealkylation sites (N-methyl/N-ethyl adjacent to an activating group) is 1. The molecular weight excluding hydrogens is 302 g/mol. The molecule has 1 aromatic carbocycles. The van der Waals surface area contributed by atoms with Gasteiger partial charge < -0.3 is 10.0 Å². The highest BCUT2D eigenvalue weighted by molar-refractivity contribution is 5.91. The summed E-state index contributed by atoms with van der Waals surface area (Å²) in [7, 11) is 1.87. The fraction of sp³-hybridized carbons (Fsp3) is 0.368. The van der Waals surface area contributed by atoms with Gasteiger partial charge in [0.15, 0.2) is 0 Å². The molecule has 1 heterocycles. The van der Waals surface area contributed by atoms with E-state index in [9.17, 15) is 9.90 Å². The Morgan fingerprint density at radius 3 is 2.54 bits per heavy atom. The highest BCUT2D eigenvalue weighted by atomic mass is 16.3. The molecule has 0 aliphatic heterocycles. The lowest BCUT2D eigenvalue weighted by molar-refractivity contribution is -0.127. The predicted molar refractivity (Wildman–Crippen MR) is 95.4 cm³/mol. The van der Waals surface area contributed by atoms with Crippen molar-refractivity contribution in [2.45, 2.75) is 26.9 Å². The van der Waals surface area contributed by atoms with E-state index >= 15 is 0 Å². The summed E-state index contributed by atoms with van der Waals surface area (Å²) < 4.78 is 1.77. The van der Waals surface area contributed by atoms with Crippen LogP contribution in [0.2, 0.25) is 0 Å². The quantitative estimate of drug-likeness (QED) is 0.830. The maximum Gasteiger partial charge on any atom is 0.246 e. The highest BCUT2D eigenvalue weighted by Crippen LogP contribution is 2.16. The Morgan fingerprint density at radius 2 is 2.00 bits per heavy atom. The van der Waals surface area contributed by atoms with Gasteiger partial charge in [-0.05, 0) is 32.4 Å². The van der Waals surface area contributed by atoms with Crippen LogP contribution in [0.1, 0.15) is 35.4 Å². The van der Waals surface area contributed by atoms with Gasteiger partial charge in [0.05, 0.1) is 18.8 Å². The summed E-state index contributed by atoms with van der Waals surface area (Å²) in [6.45, 7) is 6.68. The fourth-order valence-electron chi connectivity index (χ4n) is 2.42. The lowest BCUT2D eigenvalue weighted by atomic mass is 10.1. The molecule has 128 valence electrons. The van der Waals surface area contributed by atoms with E-state index < -0.39 is 6.10 Å². The van der Waals surface area contributed by atoms with Gasteiger partial charge in [-0.15, -0.1) is 0 Å². The summed E-state index contributed by atoms with van der Waals surface area (Å²) in [5, 5.41) is 14.5. The Morgan fingerprint density at radius 1 is 1.33 bits per heavy atom. The van der Waals surface area contributed by atoms with Crippen molar-refractivity contribution in [2.75, 3.05) is 13.1 Å². The molecule has 0 radical (unpaired) electrons. The summed E-state index contributed by atoms with van der Waals surface area (Å²) >= 11 is 0. The number of carbonyl (C=O) groups is 1. The van der Waals surface area contributed by atoms with Gasteiger partial charge in [-0.3, -0.25) is 9.48 Å². The lowest BCUT2D eigenvalue weighted by Gasteiger charge is -2.23. The summed E-state index contributed by atoms with van der Waals surface area (Å²) in [5.41, 5.74) is 3.88. The zero-order valence-corrected chi connectivity index (χ0v) is 14.7. The van der Waals surface area contributed by atoms with Crippen LogP contribution in [0.15, 0.2) is 36.5 Å². The molecule has 5 nitrogen and oxygen atoms in total. The first-order valence-electron chi connectivity index (χ1n) is 8.12. The molecule has 5 heteroatoms. The first-order chi connectivity index (χ1) is 11.4. The largest absolute Gasteiger partial charge is 0.387 e. The Hall–Kier alpha value is -2.40. The van der Waals surface area contributed by atoms with Crippen molar-refractivity contribution in [3.63, 3.8) is 0 Å². The van der Waals surface area contributed by atoms with E-state index in [1.54, 1.807) is 21.9 Å². The molecule has 1 N–H and O–H groups in total. The molecule has 24 heavy (non-hydrogen) atoms. The van der Waals surface area contributed by atoms with Crippen LogP contribution in [0.3, 0.4) is 0 Å². The van der Waals surface area contributed by atoms with Crippen LogP contribution in [-0.2, 0) is 11.8 Å². The molecule has 2 rings (SSSR count). The van der Waals surface area contributed by atoms with Crippen LogP contribution >= 0.6 is 0 Å². The molecule has 1 unspecified atom stereocenters. The van der Waals surface area contributed by atoms with Crippen LogP contribution in [0.25, 0.3) is 6.08 Å². The Kier molecular flexibility index (Phi) is 5.93. The van der Waals surface area contributed by atoms with Crippen molar-refractivity contribution < 1.29 is 9.90 Å². The second-order valence-corrected chi connectivity index (χ2v) is 5.95. The van der Waals surface area contributed by atoms with E-state index in [-0.39, 0.29) is 12.5 Å². The lowest BCUT2D eigenvalue weighted by Crippen LogP contribution is -2.33. The van der Waals surface area contributed by atoms with Gasteiger partial charge in [-0.1, -0.05) is 29.8 Å². The Balaban J connectivity index is 2.03. The molecule has 0 saturated heterocycles. The molecule has 0 saturated carbocycles. The van der Waals surface area contributed by atoms with Gasteiger partial charge in [-0.25, -0.2) is 0 Å². The van der Waals surface area contributed by atoms with Crippen molar-refractivity contribution in [3.8, 4) is 0 Å². The fourth-order valence-corrected chi connectivity index (χ4v) is 2.42. The van der Waals surface area contributed by atoms with Crippen LogP contribution in [-0.4, -0.2) is 38.8 Å². The van der Waals surface area contributed by atoms with Crippen molar-refractivity contribution in [2.24, 2.45) is 7.05 Å². The van der Waals surface area contributed by atoms with Gasteiger partial charge in [0.1, 0.15) is 0 Å². The standard InChI is InChI=1S/C19H25N3O2/c1-5-22(13-18(23)16-8-6-14(2)7-9-16)19(24)11-10-17-12-20-21(4)15(17)3/h6-12,18,23H,5,13H2,1-4H3/b11-10+. The normalized spacial score (nSPS) is 12.5. The monoisotopic (exact) mass is 327 g/mol. The topological polar surface area (TPSA) is 58.4 Å². The van der Waals surface area contributed by atoms with Gasteiger partial charge >= 0.3 is 0 Å². The minimum Gasteiger partial charge on any atom is -0.387 e. The van der Waals surface area contributed by atoms with E-state index in [1.807, 2.05) is 52.1 Å². The summed E-state index contributed by atoms with van der Waals surface area (Å²) in [4.78, 5) is 14.0. The minimum atomic E-state index is -0.692. The smallest absolute Gasteiger partial charge is 0.246 e. The van der Waals surface area contributed by atoms with E-state index in [0.717, 1.165) is 22.4 Å². The molecule has 2 aromatic rings. The number of rotatable bonds is 6. The molecule has 0 spiro atoms. The second kappa shape index (κ2) is 7.93. The van der Waals surface area contributed by atoms with Crippen molar-refractivity contribution in [3.05, 3.63) is 58.9 Å². The summed E-state index contributed by atoms with van der Waals surface area (Å²) in [6, 6.07) is 7.71. The number of aliphatic hydroxyl groups excluding tert-OH is 1. The minimum absolute atomic E-state index is 0.119. The number of aryl methyl sites for hydroxylation is 2. The highest BCUT2D eigenvalue weighted by Gasteiger charge is 2.15. The second-order valence-electron chi connectivity index (χ2n) is 5.95. The molecular formula is C19H25N3O2. The van der Waals surface area contributed by atoms with Crippen LogP contribution in [0.4, 0.5) is 0 Å². The SMILES string of the molecule is CCN(CC(O)c1ccc(C)cc1)C(=O)/C=C/c1cnn(C)c1C. The van der Waals surface area contributed by atoms with E-state index in [0.29, 0.717) is 6.54 Å². The predicted octanol–water partition coefficient (Wildman–Crippen LogP) is 2.63. The molecule has 0 bridgehead atoms. The van der Waals surface area contributed by atoms with Crippen molar-refractivity contribution in [1.29, 1.82) is 0 Å². The van der Waals surface area contributed by atoms with Gasteiger partial charge in [-0.2, -0.15) is 5.10 Å². The van der Waals surface area contributed by atoms with Crippen molar-refractivity contribution in [1.82, 2.24) is 14.7 Å². The maximum absolute atomic E-state index is 12.4. The number of aromatic nitrogens is 2. The molecule has 1 atom stereocenters. The molecule has 0 aliphatic carbocycles. The molecule has 0 aliphatic rings. The first-order valence-corrected chi connectivity index (χ1v) is 8.12. The van der Waals surface area contributed by atoms with E-state index in [4.69, 9.17) is 0 Å². The number of aliphatic hydroxyl groups is 1. The number of benzene rings is 1. The zero-order valence-electron chi connectivity index (χ0n) is 14.7. The summed E-state index contributed by atoms with van der Waals surface area (Å²) in [5.74, 6) is -0.119. The number of nitrogens with zero attached hydrogens (tertiary/aromatic N) is 3. The summed E-state index contributed by atoms with van der Waals surface area (Å²) in [6.07, 6.45) is 4.35. The average molecular weight is 327 g/mol. The third-order valence-corrected chi connectivity index (χ3v) is 4.23. The average Bonchev–Trinajstić information content (AvgIpc) is 2.89. The number of hydrogen-bond donors (Lipinski definition) is 1. The molecule has 0 fully saturated rings. The van der Waals surface area contributed by atoms with Crippen LogP contribution < -0.4 is 0 Å². The molecule has 1 amide bonds. The van der Waals surface area contributed by atoms with Crippen LogP contribution in [0, 0.1) is 13.8 Å². The van der Waals surface area contributed by atoms with Crippen molar-refractivity contribution >= 4 is 12.0 Å². The Bertz CT molecular complexity index is 717. The van der Waals surface area contributed by atoms with Gasteiger partial charge in [0.2, 0.25) is 5.91 Å². The third-order valence-electron chi connectivity index (χ3n) is 4.23. The van der Waals surface area contributed by atoms with Gasteiger partial charge in [0.25, 0.3) is 0 Å². The first kappa shape index (κ1) is 17.9. The molecule has 1 aromatic heterocycles. The van der Waals surface area contributed by atoms with Crippen LogP contribution in [0.5, 0.6) is 0 Å². The number of amides is 1. The number of carbonyl (C=O) groups excluding carboxylic acids is 1.